The van der Waals surface area contributed by atoms with Gasteiger partial charge in [-0.3, -0.25) is 7.05 Å². The molecule has 9 heavy (non-hydrogen) atoms. The third-order valence-corrected chi connectivity index (χ3v) is 3.23. The van der Waals surface area contributed by atoms with Gasteiger partial charge in [0.05, 0.1) is 5.75 Å². The Morgan fingerprint density at radius 1 is 1.33 bits per heavy atom. The normalized spacial score (nSPS) is 28.1. The quantitative estimate of drug-likeness (QED) is 0.460. The van der Waals surface area contributed by atoms with E-state index in [1.54, 1.807) is 0 Å². The van der Waals surface area contributed by atoms with Crippen LogP contribution in [0.5, 0.6) is 0 Å². The SMILES string of the molecule is [CH2-]N1CCCCS1(=O)=O. The predicted molar refractivity (Wildman–Crippen MR) is 35.1 cm³/mol. The van der Waals surface area contributed by atoms with Gasteiger partial charge in [-0.15, -0.1) is 0 Å². The van der Waals surface area contributed by atoms with Crippen molar-refractivity contribution in [1.82, 2.24) is 4.31 Å². The third-order valence-electron chi connectivity index (χ3n) is 1.45. The third kappa shape index (κ3) is 1.43. The maximum atomic E-state index is 10.8. The summed E-state index contributed by atoms with van der Waals surface area (Å²) in [5.74, 6) is 0.274. The minimum atomic E-state index is -2.94. The van der Waals surface area contributed by atoms with Gasteiger partial charge in [0.1, 0.15) is 0 Å². The molecule has 0 atom stereocenters. The molecule has 3 nitrogen and oxygen atoms in total. The van der Waals surface area contributed by atoms with Crippen LogP contribution in [0.4, 0.5) is 0 Å². The van der Waals surface area contributed by atoms with Crippen LogP contribution < -0.4 is 0 Å². The summed E-state index contributed by atoms with van der Waals surface area (Å²) >= 11 is 0. The van der Waals surface area contributed by atoms with Crippen LogP contribution in [-0.2, 0) is 10.0 Å². The van der Waals surface area contributed by atoms with Crippen LogP contribution in [-0.4, -0.2) is 25.0 Å². The van der Waals surface area contributed by atoms with Crippen molar-refractivity contribution in [2.75, 3.05) is 12.3 Å². The standard InChI is InChI=1S/C5H10NO2S/c1-6-4-2-3-5-9(6,7)8/h1-5H2/q-1. The molecular formula is C5H10NO2S-. The zero-order chi connectivity index (χ0) is 6.91. The molecule has 1 aliphatic rings. The first-order valence-corrected chi connectivity index (χ1v) is 4.55. The summed E-state index contributed by atoms with van der Waals surface area (Å²) in [5, 5.41) is 0. The van der Waals surface area contributed by atoms with Crippen molar-refractivity contribution >= 4 is 10.0 Å². The lowest BCUT2D eigenvalue weighted by Crippen LogP contribution is -2.32. The van der Waals surface area contributed by atoms with Gasteiger partial charge >= 0.3 is 0 Å². The highest BCUT2D eigenvalue weighted by Crippen LogP contribution is 2.10. The maximum Gasteiger partial charge on any atom is 0.186 e. The smallest absolute Gasteiger partial charge is 0.186 e. The number of hydrogen-bond acceptors (Lipinski definition) is 2. The molecule has 1 aliphatic heterocycles. The molecule has 1 fully saturated rings. The van der Waals surface area contributed by atoms with Gasteiger partial charge in [0, 0.05) is 0 Å². The Morgan fingerprint density at radius 2 is 2.00 bits per heavy atom. The molecule has 0 amide bonds. The topological polar surface area (TPSA) is 37.4 Å². The molecule has 0 radical (unpaired) electrons. The van der Waals surface area contributed by atoms with E-state index >= 15 is 0 Å². The molecule has 1 rings (SSSR count). The molecule has 4 heteroatoms. The Balaban J connectivity index is 2.72. The molecular weight excluding hydrogens is 138 g/mol. The van der Waals surface area contributed by atoms with Gasteiger partial charge in [0.15, 0.2) is 10.0 Å². The fourth-order valence-corrected chi connectivity index (χ4v) is 2.08. The second-order valence-electron chi connectivity index (χ2n) is 2.20. The van der Waals surface area contributed by atoms with Crippen LogP contribution in [0.25, 0.3) is 0 Å². The highest BCUT2D eigenvalue weighted by molar-refractivity contribution is 7.89. The Morgan fingerprint density at radius 3 is 2.33 bits per heavy atom. The molecule has 54 valence electrons. The minimum Gasteiger partial charge on any atom is -0.354 e. The van der Waals surface area contributed by atoms with E-state index in [4.69, 9.17) is 0 Å². The number of rotatable bonds is 0. The van der Waals surface area contributed by atoms with Crippen molar-refractivity contribution in [3.63, 3.8) is 0 Å². The monoisotopic (exact) mass is 148 g/mol. The summed E-state index contributed by atoms with van der Waals surface area (Å²) in [6, 6.07) is 0. The first kappa shape index (κ1) is 7.02. The highest BCUT2D eigenvalue weighted by atomic mass is 32.2. The second kappa shape index (κ2) is 2.27. The van der Waals surface area contributed by atoms with Crippen molar-refractivity contribution in [1.29, 1.82) is 0 Å². The molecule has 1 saturated heterocycles. The summed E-state index contributed by atoms with van der Waals surface area (Å²) < 4.78 is 22.9. The van der Waals surface area contributed by atoms with E-state index in [-0.39, 0.29) is 5.75 Å². The van der Waals surface area contributed by atoms with Gasteiger partial charge in [-0.1, -0.05) is 0 Å². The van der Waals surface area contributed by atoms with Crippen molar-refractivity contribution in [3.05, 3.63) is 7.05 Å². The molecule has 0 aromatic heterocycles. The fraction of sp³-hybridized carbons (Fsp3) is 0.800. The number of nitrogens with zero attached hydrogens (tertiary/aromatic N) is 1. The maximum absolute atomic E-state index is 10.8. The number of hydrogen-bond donors (Lipinski definition) is 0. The van der Waals surface area contributed by atoms with Gasteiger partial charge < -0.3 is 4.31 Å². The summed E-state index contributed by atoms with van der Waals surface area (Å²) in [5.41, 5.74) is 0. The van der Waals surface area contributed by atoms with Gasteiger partial charge in [0.2, 0.25) is 0 Å². The molecule has 0 aliphatic carbocycles. The van der Waals surface area contributed by atoms with Crippen LogP contribution in [0, 0.1) is 7.05 Å². The van der Waals surface area contributed by atoms with Crippen molar-refractivity contribution in [2.24, 2.45) is 0 Å². The van der Waals surface area contributed by atoms with Gasteiger partial charge in [-0.25, -0.2) is 8.42 Å². The zero-order valence-corrected chi connectivity index (χ0v) is 6.02. The lowest BCUT2D eigenvalue weighted by Gasteiger charge is -2.28. The van der Waals surface area contributed by atoms with Crippen LogP contribution in [0.1, 0.15) is 12.8 Å². The van der Waals surface area contributed by atoms with E-state index in [0.29, 0.717) is 6.54 Å². The van der Waals surface area contributed by atoms with Gasteiger partial charge in [0.25, 0.3) is 0 Å². The summed E-state index contributed by atoms with van der Waals surface area (Å²) in [7, 11) is 0.456. The van der Waals surface area contributed by atoms with E-state index < -0.39 is 10.0 Å². The fourth-order valence-electron chi connectivity index (χ4n) is 0.841. The zero-order valence-electron chi connectivity index (χ0n) is 5.21. The predicted octanol–water partition coefficient (Wildman–Crippen LogP) is 0.204. The van der Waals surface area contributed by atoms with Crippen LogP contribution >= 0.6 is 0 Å². The second-order valence-corrected chi connectivity index (χ2v) is 4.29. The summed E-state index contributed by atoms with van der Waals surface area (Å²) in [6.07, 6.45) is 1.73. The molecule has 0 bridgehead atoms. The lowest BCUT2D eigenvalue weighted by molar-refractivity contribution is 0.458. The summed E-state index contributed by atoms with van der Waals surface area (Å²) in [6.45, 7) is 0.586. The van der Waals surface area contributed by atoms with E-state index in [2.05, 4.69) is 7.05 Å². The molecule has 0 aromatic rings. The van der Waals surface area contributed by atoms with Crippen molar-refractivity contribution < 1.29 is 8.42 Å². The average Bonchev–Trinajstić information content (AvgIpc) is 1.77. The van der Waals surface area contributed by atoms with E-state index in [1.807, 2.05) is 0 Å². The van der Waals surface area contributed by atoms with Gasteiger partial charge in [-0.2, -0.15) is 0 Å². The molecule has 0 spiro atoms. The Kier molecular flexibility index (Phi) is 1.77. The van der Waals surface area contributed by atoms with Crippen molar-refractivity contribution in [3.8, 4) is 0 Å². The van der Waals surface area contributed by atoms with Gasteiger partial charge in [-0.05, 0) is 19.4 Å². The molecule has 1 heterocycles. The van der Waals surface area contributed by atoms with E-state index in [0.717, 1.165) is 12.8 Å². The minimum absolute atomic E-state index is 0.274. The van der Waals surface area contributed by atoms with E-state index in [1.165, 1.54) is 4.31 Å². The largest absolute Gasteiger partial charge is 0.354 e. The number of sulfonamides is 1. The molecule has 0 aromatic carbocycles. The molecule has 0 N–H and O–H groups in total. The molecule has 0 saturated carbocycles. The highest BCUT2D eigenvalue weighted by Gasteiger charge is 2.15. The summed E-state index contributed by atoms with van der Waals surface area (Å²) in [4.78, 5) is 0. The Bertz CT molecular complexity index is 185. The van der Waals surface area contributed by atoms with Crippen LogP contribution in [0.3, 0.4) is 0 Å². The van der Waals surface area contributed by atoms with E-state index in [9.17, 15) is 8.42 Å². The van der Waals surface area contributed by atoms with Crippen LogP contribution in [0.2, 0.25) is 0 Å². The van der Waals surface area contributed by atoms with Crippen LogP contribution in [0.15, 0.2) is 0 Å². The Labute approximate surface area is 55.7 Å². The Hall–Kier alpha value is -0.0900. The van der Waals surface area contributed by atoms with Crippen molar-refractivity contribution in [2.45, 2.75) is 12.8 Å². The first-order chi connectivity index (χ1) is 4.13. The average molecular weight is 148 g/mol. The first-order valence-electron chi connectivity index (χ1n) is 2.94. The lowest BCUT2D eigenvalue weighted by atomic mass is 10.3. The molecule has 0 unspecified atom stereocenters.